The van der Waals surface area contributed by atoms with Gasteiger partial charge in [0.05, 0.1) is 0 Å². The van der Waals surface area contributed by atoms with Crippen LogP contribution in [-0.2, 0) is 4.57 Å². The van der Waals surface area contributed by atoms with Crippen LogP contribution in [0.3, 0.4) is 0 Å². The quantitative estimate of drug-likeness (QED) is 0.117. The van der Waals surface area contributed by atoms with Gasteiger partial charge in [0.25, 0.3) is 0 Å². The molecule has 0 saturated heterocycles. The largest absolute Gasteiger partial charge is 0.466 e. The summed E-state index contributed by atoms with van der Waals surface area (Å²) in [6, 6.07) is 0. The van der Waals surface area contributed by atoms with E-state index in [1.54, 1.807) is 0 Å². The molecule has 0 aromatic rings. The summed E-state index contributed by atoms with van der Waals surface area (Å²) < 4.78 is 8.88. The van der Waals surface area contributed by atoms with Crippen LogP contribution in [0.2, 0.25) is 0 Å². The first-order chi connectivity index (χ1) is 16.2. The standard InChI is InChI=1S/C30H50.H3O4P/c1-25(2)15-11-19-29(7)23-13-21-27(5)17-9-10-18-28(6)22-14-24-30(8)20-12-16-26(3)4;1-5(2,3)4/h15-18,23-24H,9-14,19-22H2,1-8H3;(H3,1,2,3,4)/b27-17+,28-18+,29-23+,30-24+;. The lowest BCUT2D eigenvalue weighted by Crippen LogP contribution is -1.82. The van der Waals surface area contributed by atoms with Gasteiger partial charge in [-0.2, -0.15) is 0 Å². The Morgan fingerprint density at radius 1 is 0.457 bits per heavy atom. The van der Waals surface area contributed by atoms with E-state index < -0.39 is 7.82 Å². The van der Waals surface area contributed by atoms with Crippen molar-refractivity contribution in [3.05, 3.63) is 69.9 Å². The molecule has 202 valence electrons. The van der Waals surface area contributed by atoms with Gasteiger partial charge in [0.1, 0.15) is 0 Å². The van der Waals surface area contributed by atoms with Gasteiger partial charge < -0.3 is 14.7 Å². The average molecular weight is 509 g/mol. The molecule has 0 saturated carbocycles. The van der Waals surface area contributed by atoms with Crippen LogP contribution in [0.5, 0.6) is 0 Å². The van der Waals surface area contributed by atoms with Gasteiger partial charge in [-0.25, -0.2) is 4.57 Å². The fraction of sp³-hybridized carbons (Fsp3) is 0.600. The van der Waals surface area contributed by atoms with Crippen LogP contribution in [0.4, 0.5) is 0 Å². The van der Waals surface area contributed by atoms with E-state index in [0.717, 1.165) is 0 Å². The summed E-state index contributed by atoms with van der Waals surface area (Å²) in [7, 11) is -4.64. The van der Waals surface area contributed by atoms with Crippen LogP contribution >= 0.6 is 7.82 Å². The van der Waals surface area contributed by atoms with Crippen LogP contribution in [0, 0.1) is 0 Å². The molecule has 35 heavy (non-hydrogen) atoms. The predicted octanol–water partition coefficient (Wildman–Crippen LogP) is 9.68. The minimum atomic E-state index is -4.64. The van der Waals surface area contributed by atoms with Crippen molar-refractivity contribution >= 4 is 7.82 Å². The normalized spacial score (nSPS) is 13.2. The van der Waals surface area contributed by atoms with Gasteiger partial charge in [0, 0.05) is 0 Å². The zero-order chi connectivity index (χ0) is 27.3. The number of unbranched alkanes of at least 4 members (excludes halogenated alkanes) is 1. The van der Waals surface area contributed by atoms with E-state index in [-0.39, 0.29) is 0 Å². The van der Waals surface area contributed by atoms with Gasteiger partial charge in [0.2, 0.25) is 0 Å². The fourth-order valence-corrected chi connectivity index (χ4v) is 3.34. The molecule has 0 spiro atoms. The Bertz CT molecular complexity index is 730. The lowest BCUT2D eigenvalue weighted by Gasteiger charge is -2.02. The highest BCUT2D eigenvalue weighted by Crippen LogP contribution is 2.25. The van der Waals surface area contributed by atoms with Gasteiger partial charge >= 0.3 is 7.82 Å². The van der Waals surface area contributed by atoms with Gasteiger partial charge in [-0.1, -0.05) is 69.9 Å². The molecule has 0 aliphatic heterocycles. The lowest BCUT2D eigenvalue weighted by atomic mass is 10.0. The van der Waals surface area contributed by atoms with Crippen LogP contribution in [0.25, 0.3) is 0 Å². The minimum absolute atomic E-state index is 1.17. The molecule has 0 atom stereocenters. The third-order valence-corrected chi connectivity index (χ3v) is 5.40. The molecule has 0 aliphatic carbocycles. The van der Waals surface area contributed by atoms with Crippen LogP contribution in [0.1, 0.15) is 120 Å². The van der Waals surface area contributed by atoms with Crippen molar-refractivity contribution in [1.82, 2.24) is 0 Å². The van der Waals surface area contributed by atoms with Crippen molar-refractivity contribution in [2.75, 3.05) is 0 Å². The topological polar surface area (TPSA) is 77.8 Å². The van der Waals surface area contributed by atoms with Crippen molar-refractivity contribution in [3.8, 4) is 0 Å². The van der Waals surface area contributed by atoms with E-state index in [2.05, 4.69) is 91.8 Å². The maximum Gasteiger partial charge on any atom is 0.466 e. The first-order valence-electron chi connectivity index (χ1n) is 12.9. The highest BCUT2D eigenvalue weighted by molar-refractivity contribution is 7.45. The molecule has 0 aromatic heterocycles. The summed E-state index contributed by atoms with van der Waals surface area (Å²) in [4.78, 5) is 21.6. The molecule has 0 aliphatic rings. The summed E-state index contributed by atoms with van der Waals surface area (Å²) in [5.41, 5.74) is 8.97. The maximum absolute atomic E-state index is 8.88. The van der Waals surface area contributed by atoms with Crippen LogP contribution in [-0.4, -0.2) is 14.7 Å². The number of rotatable bonds is 15. The van der Waals surface area contributed by atoms with Gasteiger partial charge in [-0.05, 0) is 120 Å². The predicted molar refractivity (Wildman–Crippen MR) is 154 cm³/mol. The van der Waals surface area contributed by atoms with Crippen molar-refractivity contribution in [2.45, 2.75) is 120 Å². The highest BCUT2D eigenvalue weighted by Gasteiger charge is 2.00. The lowest BCUT2D eigenvalue weighted by molar-refractivity contribution is 0.275. The summed E-state index contributed by atoms with van der Waals surface area (Å²) in [6.07, 6.45) is 26.2. The molecule has 5 heteroatoms. The van der Waals surface area contributed by atoms with E-state index in [1.165, 1.54) is 97.6 Å². The minimum Gasteiger partial charge on any atom is -0.303 e. The summed E-state index contributed by atoms with van der Waals surface area (Å²) >= 11 is 0. The number of hydrogen-bond donors (Lipinski definition) is 3. The molecule has 0 unspecified atom stereocenters. The Labute approximate surface area is 216 Å². The van der Waals surface area contributed by atoms with Crippen molar-refractivity contribution in [3.63, 3.8) is 0 Å². The fourth-order valence-electron chi connectivity index (χ4n) is 3.34. The number of phosphoric acid groups is 1. The van der Waals surface area contributed by atoms with Crippen LogP contribution in [0.15, 0.2) is 69.9 Å². The van der Waals surface area contributed by atoms with E-state index in [9.17, 15) is 0 Å². The molecular formula is C30H53O4P. The van der Waals surface area contributed by atoms with Crippen LogP contribution < -0.4 is 0 Å². The molecule has 0 amide bonds. The van der Waals surface area contributed by atoms with Gasteiger partial charge in [0.15, 0.2) is 0 Å². The summed E-state index contributed by atoms with van der Waals surface area (Å²) in [5.74, 6) is 0. The summed E-state index contributed by atoms with van der Waals surface area (Å²) in [5, 5.41) is 0. The van der Waals surface area contributed by atoms with Crippen molar-refractivity contribution in [1.29, 1.82) is 0 Å². The molecule has 0 aromatic carbocycles. The highest BCUT2D eigenvalue weighted by atomic mass is 31.2. The molecular weight excluding hydrogens is 455 g/mol. The Kier molecular flexibility index (Phi) is 22.2. The molecule has 0 heterocycles. The molecule has 3 N–H and O–H groups in total. The maximum atomic E-state index is 8.88. The van der Waals surface area contributed by atoms with Gasteiger partial charge in [-0.3, -0.25) is 0 Å². The molecule has 0 fully saturated rings. The van der Waals surface area contributed by atoms with Gasteiger partial charge in [-0.15, -0.1) is 0 Å². The van der Waals surface area contributed by atoms with E-state index in [0.29, 0.717) is 0 Å². The second kappa shape index (κ2) is 21.8. The first kappa shape index (κ1) is 35.7. The average Bonchev–Trinajstić information content (AvgIpc) is 2.69. The van der Waals surface area contributed by atoms with E-state index in [4.69, 9.17) is 19.2 Å². The number of allylic oxidation sites excluding steroid dienone is 12. The zero-order valence-electron chi connectivity index (χ0n) is 23.7. The second-order valence-corrected chi connectivity index (χ2v) is 11.0. The zero-order valence-corrected chi connectivity index (χ0v) is 24.6. The van der Waals surface area contributed by atoms with Crippen molar-refractivity contribution in [2.24, 2.45) is 0 Å². The molecule has 0 bridgehead atoms. The smallest absolute Gasteiger partial charge is 0.303 e. The Morgan fingerprint density at radius 2 is 0.657 bits per heavy atom. The van der Waals surface area contributed by atoms with E-state index >= 15 is 0 Å². The number of hydrogen-bond acceptors (Lipinski definition) is 1. The van der Waals surface area contributed by atoms with Crippen molar-refractivity contribution < 1.29 is 19.2 Å². The third-order valence-electron chi connectivity index (χ3n) is 5.40. The molecule has 4 nitrogen and oxygen atoms in total. The SMILES string of the molecule is CC(C)=CCC/C(C)=C/CC/C(C)=C/CC/C=C(\C)CC/C=C(\C)CCC=C(C)C.O=P(O)(O)O. The Balaban J connectivity index is 0. The van der Waals surface area contributed by atoms with E-state index in [1.807, 2.05) is 0 Å². The second-order valence-electron chi connectivity index (χ2n) is 10.0. The third kappa shape index (κ3) is 34.8. The summed E-state index contributed by atoms with van der Waals surface area (Å²) in [6.45, 7) is 17.8. The first-order valence-corrected chi connectivity index (χ1v) is 14.4. The Morgan fingerprint density at radius 3 is 0.886 bits per heavy atom. The Hall–Kier alpha value is -1.45. The molecule has 0 rings (SSSR count). The monoisotopic (exact) mass is 508 g/mol. The molecule has 0 radical (unpaired) electrons.